The number of hydrogen-bond acceptors (Lipinski definition) is 5. The average molecular weight is 390 g/mol. The molecule has 0 atom stereocenters. The average Bonchev–Trinajstić information content (AvgIpc) is 2.71. The minimum absolute atomic E-state index is 0.168. The highest BCUT2D eigenvalue weighted by Gasteiger charge is 2.52. The molecule has 0 spiro atoms. The number of alkyl carbamates (subject to hydrolysis) is 1. The maximum atomic E-state index is 12.1. The zero-order chi connectivity index (χ0) is 21.3. The summed E-state index contributed by atoms with van der Waals surface area (Å²) in [5.41, 5.74) is 0.478. The second-order valence-electron chi connectivity index (χ2n) is 9.07. The van der Waals surface area contributed by atoms with Crippen LogP contribution in [0, 0.1) is 6.92 Å². The number of carbonyl (C=O) groups excluding carboxylic acids is 1. The van der Waals surface area contributed by atoms with Crippen LogP contribution in [0.1, 0.15) is 59.7 Å². The first kappa shape index (κ1) is 22.2. The fourth-order valence-electron chi connectivity index (χ4n) is 2.63. The SMILES string of the molecule is Cc1[nH]c(=O)ccc1C=C(CNC(=O)OC(C)(C)C)B1OC(C)(C)C(C)(C)O1. The van der Waals surface area contributed by atoms with Gasteiger partial charge in [0.15, 0.2) is 0 Å². The molecule has 0 bridgehead atoms. The van der Waals surface area contributed by atoms with E-state index in [1.807, 2.05) is 40.7 Å². The third-order valence-corrected chi connectivity index (χ3v) is 4.89. The Hall–Kier alpha value is -2.06. The summed E-state index contributed by atoms with van der Waals surface area (Å²) in [7, 11) is -0.633. The number of aromatic amines is 1. The van der Waals surface area contributed by atoms with E-state index in [-0.39, 0.29) is 12.1 Å². The van der Waals surface area contributed by atoms with Gasteiger partial charge in [0.1, 0.15) is 5.60 Å². The van der Waals surface area contributed by atoms with E-state index in [0.29, 0.717) is 0 Å². The van der Waals surface area contributed by atoms with Crippen molar-refractivity contribution in [1.82, 2.24) is 10.3 Å². The van der Waals surface area contributed by atoms with E-state index in [9.17, 15) is 9.59 Å². The Morgan fingerprint density at radius 2 is 1.79 bits per heavy atom. The third kappa shape index (κ3) is 5.48. The number of hydrogen-bond donors (Lipinski definition) is 2. The lowest BCUT2D eigenvalue weighted by Crippen LogP contribution is -2.41. The van der Waals surface area contributed by atoms with Gasteiger partial charge in [-0.15, -0.1) is 0 Å². The Morgan fingerprint density at radius 3 is 2.29 bits per heavy atom. The van der Waals surface area contributed by atoms with Gasteiger partial charge in [-0.25, -0.2) is 4.79 Å². The van der Waals surface area contributed by atoms with Gasteiger partial charge in [-0.1, -0.05) is 6.08 Å². The summed E-state index contributed by atoms with van der Waals surface area (Å²) in [5, 5.41) is 2.76. The number of ether oxygens (including phenoxy) is 1. The van der Waals surface area contributed by atoms with Crippen LogP contribution in [0.2, 0.25) is 0 Å². The van der Waals surface area contributed by atoms with Crippen molar-refractivity contribution in [3.05, 3.63) is 39.2 Å². The molecule has 2 heterocycles. The second kappa shape index (κ2) is 7.76. The molecule has 0 aliphatic carbocycles. The van der Waals surface area contributed by atoms with Crippen molar-refractivity contribution in [2.24, 2.45) is 0 Å². The summed E-state index contributed by atoms with van der Waals surface area (Å²) in [5.74, 6) is 0. The van der Waals surface area contributed by atoms with Crippen molar-refractivity contribution >= 4 is 19.3 Å². The van der Waals surface area contributed by atoms with Gasteiger partial charge in [0.2, 0.25) is 5.56 Å². The van der Waals surface area contributed by atoms with E-state index in [4.69, 9.17) is 14.0 Å². The Morgan fingerprint density at radius 1 is 1.21 bits per heavy atom. The van der Waals surface area contributed by atoms with Crippen molar-refractivity contribution in [3.8, 4) is 0 Å². The van der Waals surface area contributed by atoms with Crippen molar-refractivity contribution in [2.75, 3.05) is 6.54 Å². The summed E-state index contributed by atoms with van der Waals surface area (Å²) in [4.78, 5) is 26.4. The molecule has 1 aromatic rings. The van der Waals surface area contributed by atoms with Crippen LogP contribution < -0.4 is 10.9 Å². The number of aryl methyl sites for hydroxylation is 1. The number of rotatable bonds is 4. The molecule has 28 heavy (non-hydrogen) atoms. The lowest BCUT2D eigenvalue weighted by Gasteiger charge is -2.32. The van der Waals surface area contributed by atoms with Crippen LogP contribution in [-0.4, -0.2) is 41.5 Å². The van der Waals surface area contributed by atoms with Crippen LogP contribution >= 0.6 is 0 Å². The van der Waals surface area contributed by atoms with Gasteiger partial charge in [-0.05, 0) is 72.5 Å². The molecule has 0 radical (unpaired) electrons. The Labute approximate surface area is 167 Å². The zero-order valence-electron chi connectivity index (χ0n) is 18.1. The molecule has 1 amide bonds. The standard InChI is InChI=1S/C20H31BN2O5/c1-13-14(9-10-16(24)23-13)11-15(12-22-17(25)26-18(2,3)4)21-27-19(5,6)20(7,8)28-21/h9-11H,12H2,1-8H3,(H,22,25)(H,23,24). The lowest BCUT2D eigenvalue weighted by atomic mass is 9.77. The molecule has 1 aliphatic heterocycles. The minimum Gasteiger partial charge on any atom is -0.444 e. The van der Waals surface area contributed by atoms with Crippen LogP contribution in [-0.2, 0) is 14.0 Å². The molecule has 0 saturated carbocycles. The van der Waals surface area contributed by atoms with Gasteiger partial charge in [-0.3, -0.25) is 4.79 Å². The van der Waals surface area contributed by atoms with Gasteiger partial charge >= 0.3 is 13.2 Å². The van der Waals surface area contributed by atoms with E-state index in [0.717, 1.165) is 16.7 Å². The van der Waals surface area contributed by atoms with Crippen LogP contribution in [0.15, 0.2) is 22.4 Å². The molecule has 1 aliphatic rings. The summed E-state index contributed by atoms with van der Waals surface area (Å²) in [6.07, 6.45) is 1.35. The molecule has 8 heteroatoms. The lowest BCUT2D eigenvalue weighted by molar-refractivity contribution is 0.00578. The maximum Gasteiger partial charge on any atom is 0.492 e. The van der Waals surface area contributed by atoms with Crippen molar-refractivity contribution < 1.29 is 18.8 Å². The van der Waals surface area contributed by atoms with Gasteiger partial charge in [0.25, 0.3) is 0 Å². The highest BCUT2D eigenvalue weighted by molar-refractivity contribution is 6.56. The van der Waals surface area contributed by atoms with Crippen molar-refractivity contribution in [3.63, 3.8) is 0 Å². The molecule has 2 N–H and O–H groups in total. The van der Waals surface area contributed by atoms with Crippen LogP contribution in [0.5, 0.6) is 0 Å². The predicted molar refractivity (Wildman–Crippen MR) is 110 cm³/mol. The van der Waals surface area contributed by atoms with Crippen molar-refractivity contribution in [1.29, 1.82) is 0 Å². The van der Waals surface area contributed by atoms with Crippen LogP contribution in [0.25, 0.3) is 6.08 Å². The first-order valence-corrected chi connectivity index (χ1v) is 9.43. The largest absolute Gasteiger partial charge is 0.492 e. The smallest absolute Gasteiger partial charge is 0.444 e. The summed E-state index contributed by atoms with van der Waals surface area (Å²) >= 11 is 0. The molecule has 154 valence electrons. The van der Waals surface area contributed by atoms with Gasteiger partial charge in [0, 0.05) is 18.3 Å². The van der Waals surface area contributed by atoms with Gasteiger partial charge in [-0.2, -0.15) is 0 Å². The molecule has 1 fully saturated rings. The number of aromatic nitrogens is 1. The molecule has 7 nitrogen and oxygen atoms in total. The molecule has 2 rings (SSSR count). The van der Waals surface area contributed by atoms with E-state index in [1.54, 1.807) is 26.8 Å². The quantitative estimate of drug-likeness (QED) is 0.771. The summed E-state index contributed by atoms with van der Waals surface area (Å²) < 4.78 is 17.6. The molecular formula is C20H31BN2O5. The Balaban J connectivity index is 2.30. The normalized spacial score (nSPS) is 18.9. The number of H-pyrrole nitrogens is 1. The van der Waals surface area contributed by atoms with Crippen LogP contribution in [0.4, 0.5) is 4.79 Å². The summed E-state index contributed by atoms with van der Waals surface area (Å²) in [6, 6.07) is 3.19. The number of carbonyl (C=O) groups is 1. The Bertz CT molecular complexity index is 805. The van der Waals surface area contributed by atoms with E-state index in [1.165, 1.54) is 6.07 Å². The van der Waals surface area contributed by atoms with Gasteiger partial charge < -0.3 is 24.3 Å². The Kier molecular flexibility index (Phi) is 6.16. The predicted octanol–water partition coefficient (Wildman–Crippen LogP) is 3.22. The molecule has 0 aromatic carbocycles. The highest BCUT2D eigenvalue weighted by atomic mass is 16.7. The molecule has 1 saturated heterocycles. The maximum absolute atomic E-state index is 12.1. The summed E-state index contributed by atoms with van der Waals surface area (Å²) in [6.45, 7) is 15.3. The monoisotopic (exact) mass is 390 g/mol. The van der Waals surface area contributed by atoms with Crippen LogP contribution in [0.3, 0.4) is 0 Å². The van der Waals surface area contributed by atoms with E-state index in [2.05, 4.69) is 10.3 Å². The first-order valence-electron chi connectivity index (χ1n) is 9.43. The number of pyridine rings is 1. The fraction of sp³-hybridized carbons (Fsp3) is 0.600. The zero-order valence-corrected chi connectivity index (χ0v) is 18.1. The van der Waals surface area contributed by atoms with Gasteiger partial charge in [0.05, 0.1) is 11.2 Å². The third-order valence-electron chi connectivity index (χ3n) is 4.89. The number of amides is 1. The molecule has 1 aromatic heterocycles. The topological polar surface area (TPSA) is 89.7 Å². The first-order chi connectivity index (χ1) is 12.7. The molecular weight excluding hydrogens is 359 g/mol. The van der Waals surface area contributed by atoms with Crippen molar-refractivity contribution in [2.45, 2.75) is 72.2 Å². The fourth-order valence-corrected chi connectivity index (χ4v) is 2.63. The second-order valence-corrected chi connectivity index (χ2v) is 9.07. The van der Waals surface area contributed by atoms with E-state index < -0.39 is 30.0 Å². The highest BCUT2D eigenvalue weighted by Crippen LogP contribution is 2.38. The number of nitrogens with one attached hydrogen (secondary N) is 2. The molecule has 0 unspecified atom stereocenters. The van der Waals surface area contributed by atoms with E-state index >= 15 is 0 Å². The minimum atomic E-state index is -0.633.